The average molecular weight is 651 g/mol. The molecule has 1 aromatic carbocycles. The molecule has 2 heterocycles. The SMILES string of the molecule is CC(C)(C)OC(=O)N1CCC[C@@H]1COC[C@H](NCC(F)(F)F)C(=O)C[C@@H](Cc1ccccc1)B1O[C@@H]2C[C@H]3C[C@@H](C3(C)C)[C@]2(C)O1. The van der Waals surface area contributed by atoms with E-state index in [4.69, 9.17) is 18.8 Å². The van der Waals surface area contributed by atoms with E-state index in [2.05, 4.69) is 26.1 Å². The molecule has 5 fully saturated rings. The molecule has 7 atom stereocenters. The van der Waals surface area contributed by atoms with Gasteiger partial charge in [0.25, 0.3) is 0 Å². The summed E-state index contributed by atoms with van der Waals surface area (Å²) in [6.45, 7) is 11.1. The van der Waals surface area contributed by atoms with Crippen LogP contribution in [-0.2, 0) is 30.0 Å². The van der Waals surface area contributed by atoms with Crippen molar-refractivity contribution in [3.8, 4) is 0 Å². The summed E-state index contributed by atoms with van der Waals surface area (Å²) >= 11 is 0. The van der Waals surface area contributed by atoms with Crippen LogP contribution in [0, 0.1) is 17.3 Å². The Hall–Kier alpha value is -2.15. The van der Waals surface area contributed by atoms with Crippen molar-refractivity contribution in [3.05, 3.63) is 35.9 Å². The number of alkyl halides is 3. The van der Waals surface area contributed by atoms with Gasteiger partial charge in [-0.1, -0.05) is 44.2 Å². The van der Waals surface area contributed by atoms with E-state index in [1.165, 1.54) is 0 Å². The van der Waals surface area contributed by atoms with Gasteiger partial charge in [0.05, 0.1) is 43.5 Å². The van der Waals surface area contributed by atoms with Crippen molar-refractivity contribution < 1.29 is 41.5 Å². The molecule has 0 unspecified atom stereocenters. The molecule has 0 aromatic heterocycles. The zero-order valence-corrected chi connectivity index (χ0v) is 28.0. The Bertz CT molecular complexity index is 1230. The van der Waals surface area contributed by atoms with Crippen LogP contribution in [0.25, 0.3) is 0 Å². The molecule has 2 aliphatic heterocycles. The Morgan fingerprint density at radius 1 is 1.13 bits per heavy atom. The standard InChI is InChI=1S/C34H50BF3N2O6/c1-31(2,3)44-30(42)40-14-10-13-25(40)19-43-20-26(39-21-34(36,37)38)27(41)18-24(15-22-11-8-7-9-12-22)35-45-29-17-23-16-28(32(23,4)5)33(29,6)46-35/h7-9,11-12,23-26,28-29,39H,10,13-21H2,1-6H3/t23-,24-,25-,26+,28+,29-,33+/m1/s1. The monoisotopic (exact) mass is 650 g/mol. The number of carbonyl (C=O) groups excluding carboxylic acids is 2. The summed E-state index contributed by atoms with van der Waals surface area (Å²) < 4.78 is 64.6. The summed E-state index contributed by atoms with van der Waals surface area (Å²) in [6, 6.07) is 8.24. The first-order valence-corrected chi connectivity index (χ1v) is 16.7. The lowest BCUT2D eigenvalue weighted by Gasteiger charge is -2.64. The van der Waals surface area contributed by atoms with Crippen molar-refractivity contribution in [1.29, 1.82) is 0 Å². The third-order valence-electron chi connectivity index (χ3n) is 10.7. The van der Waals surface area contributed by atoms with Crippen LogP contribution in [0.1, 0.15) is 79.2 Å². The lowest BCUT2D eigenvalue weighted by molar-refractivity contribution is -0.199. The summed E-state index contributed by atoms with van der Waals surface area (Å²) in [4.78, 5) is 28.1. The number of ether oxygens (including phenoxy) is 2. The zero-order chi connectivity index (χ0) is 33.5. The predicted octanol–water partition coefficient (Wildman–Crippen LogP) is 6.22. The van der Waals surface area contributed by atoms with Gasteiger partial charge in [-0.15, -0.1) is 0 Å². The second kappa shape index (κ2) is 13.4. The molecule has 1 aromatic rings. The van der Waals surface area contributed by atoms with E-state index < -0.39 is 54.8 Å². The first-order chi connectivity index (χ1) is 21.5. The van der Waals surface area contributed by atoms with E-state index in [-0.39, 0.29) is 37.2 Å². The highest BCUT2D eigenvalue weighted by Crippen LogP contribution is 2.66. The fourth-order valence-corrected chi connectivity index (χ4v) is 8.08. The molecule has 1 N–H and O–H groups in total. The van der Waals surface area contributed by atoms with Crippen LogP contribution in [0.15, 0.2) is 30.3 Å². The van der Waals surface area contributed by atoms with E-state index in [1.54, 1.807) is 25.7 Å². The summed E-state index contributed by atoms with van der Waals surface area (Å²) in [5.41, 5.74) is 0.0195. The van der Waals surface area contributed by atoms with Crippen LogP contribution in [0.3, 0.4) is 0 Å². The van der Waals surface area contributed by atoms with Crippen molar-refractivity contribution in [2.45, 2.75) is 121 Å². The van der Waals surface area contributed by atoms with Gasteiger partial charge in [0.2, 0.25) is 0 Å². The summed E-state index contributed by atoms with van der Waals surface area (Å²) in [7, 11) is -0.653. The van der Waals surface area contributed by atoms with Crippen LogP contribution in [0.4, 0.5) is 18.0 Å². The van der Waals surface area contributed by atoms with Gasteiger partial charge in [-0.3, -0.25) is 10.1 Å². The van der Waals surface area contributed by atoms with Crippen LogP contribution < -0.4 is 5.32 Å². The van der Waals surface area contributed by atoms with Gasteiger partial charge in [0.1, 0.15) is 5.60 Å². The highest BCUT2D eigenvalue weighted by molar-refractivity contribution is 6.48. The van der Waals surface area contributed by atoms with Crippen LogP contribution in [0.5, 0.6) is 0 Å². The molecule has 256 valence electrons. The molecule has 8 nitrogen and oxygen atoms in total. The Morgan fingerprint density at radius 3 is 2.50 bits per heavy atom. The van der Waals surface area contributed by atoms with Gasteiger partial charge < -0.3 is 23.7 Å². The van der Waals surface area contributed by atoms with Gasteiger partial charge >= 0.3 is 19.4 Å². The lowest BCUT2D eigenvalue weighted by Crippen LogP contribution is -2.65. The molecule has 3 saturated carbocycles. The average Bonchev–Trinajstić information content (AvgIpc) is 3.57. The lowest BCUT2D eigenvalue weighted by atomic mass is 9.43. The molecular formula is C34H50BF3N2O6. The van der Waals surface area contributed by atoms with Gasteiger partial charge in [0.15, 0.2) is 5.78 Å². The molecule has 1 amide bonds. The molecule has 12 heteroatoms. The van der Waals surface area contributed by atoms with Gasteiger partial charge in [-0.2, -0.15) is 13.2 Å². The largest absolute Gasteiger partial charge is 0.461 e. The second-order valence-electron chi connectivity index (χ2n) is 15.5. The number of amides is 1. The van der Waals surface area contributed by atoms with Crippen LogP contribution >= 0.6 is 0 Å². The molecule has 2 bridgehead atoms. The summed E-state index contributed by atoms with van der Waals surface area (Å²) in [6.07, 6.45) is -1.15. The normalized spacial score (nSPS) is 30.0. The molecular weight excluding hydrogens is 600 g/mol. The Kier molecular flexibility index (Phi) is 10.2. The fourth-order valence-electron chi connectivity index (χ4n) is 8.08. The van der Waals surface area contributed by atoms with Gasteiger partial charge in [0, 0.05) is 18.8 Å². The summed E-state index contributed by atoms with van der Waals surface area (Å²) in [5.74, 6) is 0.112. The van der Waals surface area contributed by atoms with E-state index >= 15 is 0 Å². The van der Waals surface area contributed by atoms with Crippen LogP contribution in [0.2, 0.25) is 5.82 Å². The van der Waals surface area contributed by atoms with Crippen molar-refractivity contribution in [3.63, 3.8) is 0 Å². The first-order valence-electron chi connectivity index (χ1n) is 16.7. The third-order valence-corrected chi connectivity index (χ3v) is 10.7. The highest BCUT2D eigenvalue weighted by atomic mass is 19.4. The number of Topliss-reactive ketones (excluding diaryl/α,β-unsaturated/α-hetero) is 1. The Balaban J connectivity index is 1.27. The van der Waals surface area contributed by atoms with E-state index in [0.29, 0.717) is 31.2 Å². The van der Waals surface area contributed by atoms with E-state index in [9.17, 15) is 22.8 Å². The number of ketones is 1. The maximum Gasteiger partial charge on any atom is 0.461 e. The number of likely N-dealkylation sites (tertiary alicyclic amines) is 1. The maximum absolute atomic E-state index is 13.8. The van der Waals surface area contributed by atoms with Crippen molar-refractivity contribution in [2.75, 3.05) is 26.3 Å². The molecule has 5 aliphatic rings. The minimum absolute atomic E-state index is 0.0355. The molecule has 2 saturated heterocycles. The predicted molar refractivity (Wildman–Crippen MR) is 168 cm³/mol. The highest BCUT2D eigenvalue weighted by Gasteiger charge is 2.68. The minimum atomic E-state index is -4.50. The number of nitrogens with one attached hydrogen (secondary N) is 1. The van der Waals surface area contributed by atoms with Gasteiger partial charge in [-0.05, 0) is 82.6 Å². The topological polar surface area (TPSA) is 86.3 Å². The minimum Gasteiger partial charge on any atom is -0.444 e. The zero-order valence-electron chi connectivity index (χ0n) is 28.0. The quantitative estimate of drug-likeness (QED) is 0.269. The number of benzene rings is 1. The smallest absolute Gasteiger partial charge is 0.444 e. The van der Waals surface area contributed by atoms with Crippen molar-refractivity contribution in [2.24, 2.45) is 17.3 Å². The molecule has 3 aliphatic carbocycles. The number of halogens is 3. The number of hydrogen-bond donors (Lipinski definition) is 1. The maximum atomic E-state index is 13.8. The number of nitrogens with zero attached hydrogens (tertiary/aromatic N) is 1. The van der Waals surface area contributed by atoms with Crippen molar-refractivity contribution >= 4 is 19.0 Å². The molecule has 0 radical (unpaired) electrons. The van der Waals surface area contributed by atoms with E-state index in [0.717, 1.165) is 24.8 Å². The van der Waals surface area contributed by atoms with E-state index in [1.807, 2.05) is 30.3 Å². The third kappa shape index (κ3) is 7.93. The fraction of sp³-hybridized carbons (Fsp3) is 0.765. The first kappa shape index (κ1) is 35.2. The van der Waals surface area contributed by atoms with Crippen LogP contribution in [-0.4, -0.2) is 85.8 Å². The van der Waals surface area contributed by atoms with Crippen molar-refractivity contribution in [1.82, 2.24) is 10.2 Å². The van der Waals surface area contributed by atoms with Gasteiger partial charge in [-0.25, -0.2) is 4.79 Å². The number of carbonyl (C=O) groups is 2. The number of hydrogen-bond acceptors (Lipinski definition) is 7. The second-order valence-corrected chi connectivity index (χ2v) is 15.5. The summed E-state index contributed by atoms with van der Waals surface area (Å²) in [5, 5.41) is 2.41. The molecule has 0 spiro atoms. The number of rotatable bonds is 12. The Labute approximate surface area is 271 Å². The Morgan fingerprint density at radius 2 is 1.85 bits per heavy atom. The molecule has 6 rings (SSSR count). The molecule has 46 heavy (non-hydrogen) atoms.